The number of carbonyl (C=O) groups is 1. The summed E-state index contributed by atoms with van der Waals surface area (Å²) in [6.07, 6.45) is 19.6. The third kappa shape index (κ3) is 19.6. The first kappa shape index (κ1) is 24.4. The van der Waals surface area contributed by atoms with Crippen LogP contribution in [0.25, 0.3) is 0 Å². The van der Waals surface area contributed by atoms with Crippen LogP contribution >= 0.6 is 0 Å². The van der Waals surface area contributed by atoms with Crippen LogP contribution in [0.5, 0.6) is 0 Å². The molecule has 0 aliphatic heterocycles. The lowest BCUT2D eigenvalue weighted by molar-refractivity contribution is -0.121. The number of unbranched alkanes of at least 4 members (excludes halogenated alkanes) is 11. The molecule has 0 bridgehead atoms. The Kier molecular flexibility index (Phi) is 19.3. The van der Waals surface area contributed by atoms with Gasteiger partial charge in [0.15, 0.2) is 0 Å². The van der Waals surface area contributed by atoms with Gasteiger partial charge in [-0.2, -0.15) is 0 Å². The summed E-state index contributed by atoms with van der Waals surface area (Å²) in [6, 6.07) is 0. The average molecular weight is 356 g/mol. The Morgan fingerprint density at radius 1 is 0.720 bits per heavy atom. The number of amides is 1. The molecular weight excluding hydrogens is 310 g/mol. The Balaban J connectivity index is 3.19. The van der Waals surface area contributed by atoms with E-state index in [1.807, 2.05) is 0 Å². The fourth-order valence-corrected chi connectivity index (χ4v) is 3.17. The molecule has 0 spiro atoms. The summed E-state index contributed by atoms with van der Waals surface area (Å²) in [6.45, 7) is 5.20. The monoisotopic (exact) mass is 355 g/mol. The summed E-state index contributed by atoms with van der Waals surface area (Å²) in [5, 5.41) is 12.9. The number of aliphatic hydroxyl groups excluding tert-OH is 1. The van der Waals surface area contributed by atoms with Gasteiger partial charge >= 0.3 is 0 Å². The second kappa shape index (κ2) is 19.8. The molecule has 0 aliphatic carbocycles. The van der Waals surface area contributed by atoms with Crippen molar-refractivity contribution in [2.24, 2.45) is 0 Å². The minimum absolute atomic E-state index is 0.0691. The summed E-state index contributed by atoms with van der Waals surface area (Å²) < 4.78 is 0. The van der Waals surface area contributed by atoms with Gasteiger partial charge < -0.3 is 10.4 Å². The van der Waals surface area contributed by atoms with Crippen molar-refractivity contribution < 1.29 is 9.90 Å². The lowest BCUT2D eigenvalue weighted by atomic mass is 10.0. The predicted molar refractivity (Wildman–Crippen MR) is 109 cm³/mol. The van der Waals surface area contributed by atoms with Gasteiger partial charge in [-0.25, -0.2) is 0 Å². The lowest BCUT2D eigenvalue weighted by Gasteiger charge is -2.10. The van der Waals surface area contributed by atoms with Crippen LogP contribution in [0.3, 0.4) is 0 Å². The Hall–Kier alpha value is -0.570. The van der Waals surface area contributed by atoms with E-state index in [2.05, 4.69) is 19.2 Å². The number of aliphatic hydroxyl groups is 1. The Morgan fingerprint density at radius 2 is 1.20 bits per heavy atom. The molecule has 0 aromatic carbocycles. The normalized spacial score (nSPS) is 12.3. The molecular formula is C22H45NO2. The Morgan fingerprint density at radius 3 is 1.76 bits per heavy atom. The first-order chi connectivity index (χ1) is 12.2. The van der Waals surface area contributed by atoms with Crippen LogP contribution in [0.1, 0.15) is 123 Å². The smallest absolute Gasteiger partial charge is 0.219 e. The fraction of sp³-hybridized carbons (Fsp3) is 0.955. The third-order valence-electron chi connectivity index (χ3n) is 4.93. The SMILES string of the molecule is CCCCCC[C@@H](O)CCCCCCCCCCC(=O)NCCCC. The zero-order valence-corrected chi connectivity index (χ0v) is 17.2. The van der Waals surface area contributed by atoms with Gasteiger partial charge in [-0.1, -0.05) is 90.9 Å². The van der Waals surface area contributed by atoms with Gasteiger partial charge in [-0.15, -0.1) is 0 Å². The Labute approximate surface area is 157 Å². The largest absolute Gasteiger partial charge is 0.393 e. The summed E-state index contributed by atoms with van der Waals surface area (Å²) in [7, 11) is 0. The molecule has 2 N–H and O–H groups in total. The maximum atomic E-state index is 11.5. The molecule has 3 heteroatoms. The van der Waals surface area contributed by atoms with E-state index in [1.54, 1.807) is 0 Å². The molecule has 0 radical (unpaired) electrons. The summed E-state index contributed by atoms with van der Waals surface area (Å²) in [5.41, 5.74) is 0. The van der Waals surface area contributed by atoms with Gasteiger partial charge in [0.25, 0.3) is 0 Å². The fourth-order valence-electron chi connectivity index (χ4n) is 3.17. The van der Waals surface area contributed by atoms with Gasteiger partial charge in [0.1, 0.15) is 0 Å². The molecule has 0 saturated heterocycles. The van der Waals surface area contributed by atoms with Crippen molar-refractivity contribution in [3.8, 4) is 0 Å². The predicted octanol–water partition coefficient (Wildman–Crippen LogP) is 6.14. The molecule has 1 amide bonds. The molecule has 0 aliphatic rings. The highest BCUT2D eigenvalue weighted by Crippen LogP contribution is 2.14. The van der Waals surface area contributed by atoms with Crippen LogP contribution in [0.15, 0.2) is 0 Å². The van der Waals surface area contributed by atoms with Crippen LogP contribution in [0.2, 0.25) is 0 Å². The van der Waals surface area contributed by atoms with E-state index >= 15 is 0 Å². The van der Waals surface area contributed by atoms with Crippen molar-refractivity contribution in [2.75, 3.05) is 6.54 Å². The van der Waals surface area contributed by atoms with Crippen molar-refractivity contribution in [1.82, 2.24) is 5.32 Å². The maximum absolute atomic E-state index is 11.5. The van der Waals surface area contributed by atoms with Crippen molar-refractivity contribution in [3.63, 3.8) is 0 Å². The highest BCUT2D eigenvalue weighted by Gasteiger charge is 2.03. The van der Waals surface area contributed by atoms with Gasteiger partial charge in [-0.05, 0) is 25.7 Å². The quantitative estimate of drug-likeness (QED) is 0.274. The lowest BCUT2D eigenvalue weighted by Crippen LogP contribution is -2.23. The maximum Gasteiger partial charge on any atom is 0.219 e. The highest BCUT2D eigenvalue weighted by atomic mass is 16.3. The summed E-state index contributed by atoms with van der Waals surface area (Å²) >= 11 is 0. The molecule has 0 aromatic heterocycles. The minimum Gasteiger partial charge on any atom is -0.393 e. The van der Waals surface area contributed by atoms with E-state index in [4.69, 9.17) is 0 Å². The van der Waals surface area contributed by atoms with Gasteiger partial charge in [0, 0.05) is 13.0 Å². The third-order valence-corrected chi connectivity index (χ3v) is 4.93. The standard InChI is InChI=1S/C22H45NO2/c1-3-5-7-14-17-21(24)18-15-12-10-8-9-11-13-16-19-22(25)23-20-6-4-2/h21,24H,3-20H2,1-2H3,(H,23,25)/t21-/m1/s1. The van der Waals surface area contributed by atoms with Crippen molar-refractivity contribution in [1.29, 1.82) is 0 Å². The van der Waals surface area contributed by atoms with E-state index in [-0.39, 0.29) is 12.0 Å². The molecule has 0 heterocycles. The highest BCUT2D eigenvalue weighted by molar-refractivity contribution is 5.75. The van der Waals surface area contributed by atoms with Crippen LogP contribution in [-0.4, -0.2) is 23.7 Å². The first-order valence-corrected chi connectivity index (χ1v) is 11.2. The van der Waals surface area contributed by atoms with E-state index in [0.717, 1.165) is 38.6 Å². The number of nitrogens with one attached hydrogen (secondary N) is 1. The molecule has 0 unspecified atom stereocenters. The van der Waals surface area contributed by atoms with E-state index in [0.29, 0.717) is 6.42 Å². The number of hydrogen-bond acceptors (Lipinski definition) is 2. The van der Waals surface area contributed by atoms with Crippen LogP contribution in [-0.2, 0) is 4.79 Å². The second-order valence-electron chi connectivity index (χ2n) is 7.57. The van der Waals surface area contributed by atoms with Gasteiger partial charge in [0.2, 0.25) is 5.91 Å². The van der Waals surface area contributed by atoms with E-state index in [9.17, 15) is 9.90 Å². The number of carbonyl (C=O) groups excluding carboxylic acids is 1. The second-order valence-corrected chi connectivity index (χ2v) is 7.57. The number of rotatable bonds is 19. The van der Waals surface area contributed by atoms with E-state index in [1.165, 1.54) is 70.6 Å². The zero-order valence-electron chi connectivity index (χ0n) is 17.2. The molecule has 25 heavy (non-hydrogen) atoms. The molecule has 1 atom stereocenters. The van der Waals surface area contributed by atoms with Gasteiger partial charge in [-0.3, -0.25) is 4.79 Å². The van der Waals surface area contributed by atoms with Crippen molar-refractivity contribution in [3.05, 3.63) is 0 Å². The van der Waals surface area contributed by atoms with Crippen LogP contribution in [0.4, 0.5) is 0 Å². The number of hydrogen-bond donors (Lipinski definition) is 2. The average Bonchev–Trinajstić information content (AvgIpc) is 2.60. The van der Waals surface area contributed by atoms with Crippen molar-refractivity contribution in [2.45, 2.75) is 129 Å². The minimum atomic E-state index is -0.0691. The zero-order chi connectivity index (χ0) is 18.6. The van der Waals surface area contributed by atoms with Crippen LogP contribution in [0, 0.1) is 0 Å². The molecule has 0 rings (SSSR count). The molecule has 0 saturated carbocycles. The molecule has 0 fully saturated rings. The summed E-state index contributed by atoms with van der Waals surface area (Å²) in [5.74, 6) is 0.224. The first-order valence-electron chi connectivity index (χ1n) is 11.2. The van der Waals surface area contributed by atoms with E-state index < -0.39 is 0 Å². The topological polar surface area (TPSA) is 49.3 Å². The molecule has 3 nitrogen and oxygen atoms in total. The van der Waals surface area contributed by atoms with Crippen molar-refractivity contribution >= 4 is 5.91 Å². The van der Waals surface area contributed by atoms with Gasteiger partial charge in [0.05, 0.1) is 6.10 Å². The molecule has 0 aromatic rings. The molecule has 150 valence electrons. The van der Waals surface area contributed by atoms with Crippen LogP contribution < -0.4 is 5.32 Å². The summed E-state index contributed by atoms with van der Waals surface area (Å²) in [4.78, 5) is 11.5. The Bertz CT molecular complexity index is 281.